The molecule has 0 amide bonds. The van der Waals surface area contributed by atoms with Gasteiger partial charge in [-0.1, -0.05) is 0 Å². The van der Waals surface area contributed by atoms with Crippen molar-refractivity contribution in [3.05, 3.63) is 0 Å². The molecule has 76 valence electrons. The molecule has 0 aliphatic carbocycles. The molecule has 0 N–H and O–H groups in total. The van der Waals surface area contributed by atoms with Crippen molar-refractivity contribution in [2.45, 2.75) is 19.3 Å². The minimum Gasteiger partial charge on any atom is -0.380 e. The van der Waals surface area contributed by atoms with Crippen molar-refractivity contribution in [1.29, 1.82) is 0 Å². The van der Waals surface area contributed by atoms with Crippen molar-refractivity contribution in [3.63, 3.8) is 0 Å². The molecule has 0 bridgehead atoms. The second-order valence-corrected chi connectivity index (χ2v) is 5.22. The minimum atomic E-state index is -0.809. The van der Waals surface area contributed by atoms with Crippen molar-refractivity contribution < 1.29 is 13.7 Å². The van der Waals surface area contributed by atoms with Gasteiger partial charge in [0.2, 0.25) is 0 Å². The van der Waals surface area contributed by atoms with E-state index in [-0.39, 0.29) is 5.41 Å². The van der Waals surface area contributed by atoms with E-state index in [2.05, 4.69) is 0 Å². The first-order valence-electron chi connectivity index (χ1n) is 4.53. The van der Waals surface area contributed by atoms with E-state index >= 15 is 0 Å². The number of carbonyl (C=O) groups is 1. The fourth-order valence-electron chi connectivity index (χ4n) is 1.57. The van der Waals surface area contributed by atoms with Gasteiger partial charge in [0.25, 0.3) is 0 Å². The highest BCUT2D eigenvalue weighted by atomic mass is 32.2. The maximum Gasteiger partial charge on any atom is 0.128 e. The number of carbonyl (C=O) groups excluding carboxylic acids is 1. The Hall–Kier alpha value is -0.220. The van der Waals surface area contributed by atoms with Gasteiger partial charge < -0.3 is 9.53 Å². The van der Waals surface area contributed by atoms with E-state index in [1.807, 2.05) is 0 Å². The number of hydrogen-bond acceptors (Lipinski definition) is 3. The van der Waals surface area contributed by atoms with Crippen LogP contribution >= 0.6 is 0 Å². The lowest BCUT2D eigenvalue weighted by molar-refractivity contribution is -0.123. The molecule has 4 heteroatoms. The van der Waals surface area contributed by atoms with E-state index in [0.717, 1.165) is 25.7 Å². The van der Waals surface area contributed by atoms with Crippen LogP contribution in [0.2, 0.25) is 0 Å². The van der Waals surface area contributed by atoms with Gasteiger partial charge in [-0.05, 0) is 19.3 Å². The molecule has 0 radical (unpaired) electrons. The van der Waals surface area contributed by atoms with Gasteiger partial charge in [-0.15, -0.1) is 0 Å². The molecule has 1 saturated heterocycles. The van der Waals surface area contributed by atoms with Gasteiger partial charge in [0.1, 0.15) is 6.29 Å². The van der Waals surface area contributed by atoms with E-state index in [4.69, 9.17) is 4.74 Å². The van der Waals surface area contributed by atoms with Crippen LogP contribution in [0.4, 0.5) is 0 Å². The molecule has 3 nitrogen and oxygen atoms in total. The Bertz CT molecular complexity index is 197. The Labute approximate surface area is 81.3 Å². The van der Waals surface area contributed by atoms with Gasteiger partial charge in [0.05, 0.1) is 12.0 Å². The molecule has 1 rings (SSSR count). The van der Waals surface area contributed by atoms with Crippen LogP contribution in [0, 0.1) is 5.41 Å². The quantitative estimate of drug-likeness (QED) is 0.635. The first kappa shape index (κ1) is 10.9. The van der Waals surface area contributed by atoms with Crippen LogP contribution in [0.25, 0.3) is 0 Å². The molecule has 0 spiro atoms. The van der Waals surface area contributed by atoms with Crippen LogP contribution in [-0.4, -0.2) is 35.7 Å². The SMILES string of the molecule is CS(=O)CCC1(C=O)CCCOC1. The van der Waals surface area contributed by atoms with Crippen LogP contribution < -0.4 is 0 Å². The Balaban J connectivity index is 2.47. The van der Waals surface area contributed by atoms with E-state index in [9.17, 15) is 9.00 Å². The predicted molar refractivity (Wildman–Crippen MR) is 52.1 cm³/mol. The van der Waals surface area contributed by atoms with Gasteiger partial charge >= 0.3 is 0 Å². The third kappa shape index (κ3) is 3.19. The first-order valence-corrected chi connectivity index (χ1v) is 6.25. The summed E-state index contributed by atoms with van der Waals surface area (Å²) in [6.07, 6.45) is 5.17. The molecule has 0 aromatic rings. The van der Waals surface area contributed by atoms with Crippen LogP contribution in [0.15, 0.2) is 0 Å². The fraction of sp³-hybridized carbons (Fsp3) is 0.889. The summed E-state index contributed by atoms with van der Waals surface area (Å²) in [4.78, 5) is 10.9. The van der Waals surface area contributed by atoms with Gasteiger partial charge in [0, 0.05) is 29.4 Å². The molecule has 2 unspecified atom stereocenters. The maximum atomic E-state index is 10.9. The zero-order valence-electron chi connectivity index (χ0n) is 7.95. The molecular weight excluding hydrogens is 188 g/mol. The molecular formula is C9H16O3S. The van der Waals surface area contributed by atoms with E-state index in [0.29, 0.717) is 18.8 Å². The van der Waals surface area contributed by atoms with Gasteiger partial charge in [-0.2, -0.15) is 0 Å². The van der Waals surface area contributed by atoms with Crippen LogP contribution in [0.3, 0.4) is 0 Å². The standard InChI is InChI=1S/C9H16O3S/c1-13(11)6-4-9(7-10)3-2-5-12-8-9/h7H,2-6,8H2,1H3. The summed E-state index contributed by atoms with van der Waals surface area (Å²) < 4.78 is 16.2. The lowest BCUT2D eigenvalue weighted by atomic mass is 9.82. The minimum absolute atomic E-state index is 0.343. The predicted octanol–water partition coefficient (Wildman–Crippen LogP) is 0.751. The summed E-state index contributed by atoms with van der Waals surface area (Å²) >= 11 is 0. The molecule has 0 aromatic carbocycles. The van der Waals surface area contributed by atoms with Gasteiger partial charge in [0.15, 0.2) is 0 Å². The summed E-state index contributed by atoms with van der Waals surface area (Å²) in [5, 5.41) is 0. The molecule has 0 saturated carbocycles. The topological polar surface area (TPSA) is 43.4 Å². The first-order chi connectivity index (χ1) is 6.18. The highest BCUT2D eigenvalue weighted by Crippen LogP contribution is 2.29. The second-order valence-electron chi connectivity index (χ2n) is 3.66. The zero-order valence-corrected chi connectivity index (χ0v) is 8.77. The van der Waals surface area contributed by atoms with E-state index < -0.39 is 10.8 Å². The zero-order chi connectivity index (χ0) is 9.73. The summed E-state index contributed by atoms with van der Waals surface area (Å²) in [6.45, 7) is 1.26. The lowest BCUT2D eigenvalue weighted by Crippen LogP contribution is -2.34. The van der Waals surface area contributed by atoms with Crippen molar-refractivity contribution in [2.24, 2.45) is 5.41 Å². The Morgan fingerprint density at radius 3 is 2.85 bits per heavy atom. The number of rotatable bonds is 4. The molecule has 1 fully saturated rings. The lowest BCUT2D eigenvalue weighted by Gasteiger charge is -2.31. The van der Waals surface area contributed by atoms with Crippen LogP contribution in [0.1, 0.15) is 19.3 Å². The van der Waals surface area contributed by atoms with Crippen LogP contribution in [-0.2, 0) is 20.3 Å². The normalized spacial score (nSPS) is 31.2. The van der Waals surface area contributed by atoms with Gasteiger partial charge in [-0.25, -0.2) is 0 Å². The Morgan fingerprint density at radius 1 is 1.62 bits per heavy atom. The van der Waals surface area contributed by atoms with Crippen molar-refractivity contribution in [3.8, 4) is 0 Å². The highest BCUT2D eigenvalue weighted by molar-refractivity contribution is 7.84. The smallest absolute Gasteiger partial charge is 0.128 e. The third-order valence-corrected chi connectivity index (χ3v) is 3.27. The largest absolute Gasteiger partial charge is 0.380 e. The average molecular weight is 204 g/mol. The van der Waals surface area contributed by atoms with E-state index in [1.54, 1.807) is 6.26 Å². The molecule has 1 heterocycles. The second kappa shape index (κ2) is 4.86. The fourth-order valence-corrected chi connectivity index (χ4v) is 2.26. The highest BCUT2D eigenvalue weighted by Gasteiger charge is 2.32. The molecule has 2 atom stereocenters. The number of hydrogen-bond donors (Lipinski definition) is 0. The molecule has 13 heavy (non-hydrogen) atoms. The van der Waals surface area contributed by atoms with Gasteiger partial charge in [-0.3, -0.25) is 4.21 Å². The number of aldehydes is 1. The monoisotopic (exact) mass is 204 g/mol. The van der Waals surface area contributed by atoms with Crippen molar-refractivity contribution >= 4 is 17.1 Å². The Kier molecular flexibility index (Phi) is 4.06. The van der Waals surface area contributed by atoms with Crippen LogP contribution in [0.5, 0.6) is 0 Å². The third-order valence-electron chi connectivity index (χ3n) is 2.49. The Morgan fingerprint density at radius 2 is 2.38 bits per heavy atom. The summed E-state index contributed by atoms with van der Waals surface area (Å²) in [7, 11) is -0.809. The van der Waals surface area contributed by atoms with E-state index in [1.165, 1.54) is 0 Å². The van der Waals surface area contributed by atoms with Crippen molar-refractivity contribution in [2.75, 3.05) is 25.2 Å². The van der Waals surface area contributed by atoms with Crippen molar-refractivity contribution in [1.82, 2.24) is 0 Å². The summed E-state index contributed by atoms with van der Waals surface area (Å²) in [5.74, 6) is 0.599. The molecule has 1 aliphatic rings. The average Bonchev–Trinajstić information content (AvgIpc) is 2.16. The summed E-state index contributed by atoms with van der Waals surface area (Å²) in [6, 6.07) is 0. The molecule has 0 aromatic heterocycles. The maximum absolute atomic E-state index is 10.9. The number of ether oxygens (including phenoxy) is 1. The molecule has 1 aliphatic heterocycles. The summed E-state index contributed by atoms with van der Waals surface area (Å²) in [5.41, 5.74) is -0.343.